The molecule has 5 nitrogen and oxygen atoms in total. The van der Waals surface area contributed by atoms with Crippen LogP contribution in [0, 0.1) is 12.7 Å². The predicted octanol–water partition coefficient (Wildman–Crippen LogP) is 3.58. The van der Waals surface area contributed by atoms with Crippen molar-refractivity contribution in [2.24, 2.45) is 0 Å². The van der Waals surface area contributed by atoms with Gasteiger partial charge in [-0.25, -0.2) is 9.18 Å². The van der Waals surface area contributed by atoms with Crippen molar-refractivity contribution in [3.8, 4) is 5.75 Å². The Morgan fingerprint density at radius 3 is 2.68 bits per heavy atom. The third-order valence-corrected chi connectivity index (χ3v) is 4.15. The molecule has 1 amide bonds. The Morgan fingerprint density at radius 2 is 1.96 bits per heavy atom. The quantitative estimate of drug-likeness (QED) is 0.921. The maximum Gasteiger partial charge on any atom is 0.417 e. The Balaban J connectivity index is 1.69. The summed E-state index contributed by atoms with van der Waals surface area (Å²) in [4.78, 5) is 14.2. The molecule has 1 fully saturated rings. The van der Waals surface area contributed by atoms with Gasteiger partial charge < -0.3 is 9.47 Å². The fraction of sp³-hybridized carbons (Fsp3) is 0.316. The maximum atomic E-state index is 14.2. The van der Waals surface area contributed by atoms with Gasteiger partial charge in [0.15, 0.2) is 0 Å². The molecule has 1 heterocycles. The smallest absolute Gasteiger partial charge is 0.410 e. The molecule has 0 aromatic heterocycles. The summed E-state index contributed by atoms with van der Waals surface area (Å²) in [5.74, 6) is 0.0851. The van der Waals surface area contributed by atoms with E-state index < -0.39 is 6.09 Å². The number of benzene rings is 2. The fourth-order valence-corrected chi connectivity index (χ4v) is 2.71. The minimum atomic E-state index is -0.647. The van der Waals surface area contributed by atoms with E-state index in [0.717, 1.165) is 18.7 Å². The van der Waals surface area contributed by atoms with Gasteiger partial charge in [0, 0.05) is 25.3 Å². The van der Waals surface area contributed by atoms with E-state index in [1.54, 1.807) is 37.3 Å². The summed E-state index contributed by atoms with van der Waals surface area (Å²) in [6.07, 6.45) is -0.647. The number of ether oxygens (including phenoxy) is 2. The van der Waals surface area contributed by atoms with Crippen LogP contribution in [0.3, 0.4) is 0 Å². The second kappa shape index (κ2) is 8.09. The standard InChI is InChI=1S/C19H21FN2O3/c1-14-15(13-22-7-9-24-10-8-22)11-16(12-18(14)20)21-19(23)25-17-5-3-2-4-6-17/h2-6,11-12H,7-10,13H2,1H3,(H,21,23). The van der Waals surface area contributed by atoms with Gasteiger partial charge in [-0.2, -0.15) is 0 Å². The topological polar surface area (TPSA) is 50.8 Å². The molecule has 0 unspecified atom stereocenters. The van der Waals surface area contributed by atoms with Crippen LogP contribution in [-0.4, -0.2) is 37.3 Å². The highest BCUT2D eigenvalue weighted by Crippen LogP contribution is 2.22. The summed E-state index contributed by atoms with van der Waals surface area (Å²) in [7, 11) is 0. The van der Waals surface area contributed by atoms with Crippen LogP contribution in [0.2, 0.25) is 0 Å². The van der Waals surface area contributed by atoms with Crippen LogP contribution in [0.15, 0.2) is 42.5 Å². The number of rotatable bonds is 4. The normalized spacial score (nSPS) is 15.0. The van der Waals surface area contributed by atoms with Gasteiger partial charge in [0.2, 0.25) is 0 Å². The number of nitrogens with zero attached hydrogens (tertiary/aromatic N) is 1. The predicted molar refractivity (Wildman–Crippen MR) is 93.3 cm³/mol. The van der Waals surface area contributed by atoms with E-state index in [0.29, 0.717) is 36.8 Å². The molecule has 1 N–H and O–H groups in total. The lowest BCUT2D eigenvalue weighted by atomic mass is 10.1. The number of para-hydroxylation sites is 1. The molecule has 2 aromatic rings. The van der Waals surface area contributed by atoms with Crippen molar-refractivity contribution >= 4 is 11.8 Å². The van der Waals surface area contributed by atoms with E-state index in [1.165, 1.54) is 6.07 Å². The summed E-state index contributed by atoms with van der Waals surface area (Å²) in [5, 5.41) is 2.59. The Labute approximate surface area is 146 Å². The van der Waals surface area contributed by atoms with E-state index in [2.05, 4.69) is 10.2 Å². The first-order valence-corrected chi connectivity index (χ1v) is 8.25. The number of hydrogen-bond donors (Lipinski definition) is 1. The van der Waals surface area contributed by atoms with Crippen LogP contribution in [0.5, 0.6) is 5.75 Å². The number of hydrogen-bond acceptors (Lipinski definition) is 4. The Kier molecular flexibility index (Phi) is 5.63. The summed E-state index contributed by atoms with van der Waals surface area (Å²) >= 11 is 0. The van der Waals surface area contributed by atoms with Gasteiger partial charge in [0.05, 0.1) is 13.2 Å². The van der Waals surface area contributed by atoms with Gasteiger partial charge in [0.25, 0.3) is 0 Å². The Morgan fingerprint density at radius 1 is 1.24 bits per heavy atom. The molecule has 0 spiro atoms. The molecule has 0 bridgehead atoms. The molecule has 25 heavy (non-hydrogen) atoms. The zero-order chi connectivity index (χ0) is 17.6. The van der Waals surface area contributed by atoms with Gasteiger partial charge in [0.1, 0.15) is 11.6 Å². The van der Waals surface area contributed by atoms with Crippen molar-refractivity contribution in [2.75, 3.05) is 31.6 Å². The molecule has 0 radical (unpaired) electrons. The van der Waals surface area contributed by atoms with Crippen molar-refractivity contribution in [1.82, 2.24) is 4.90 Å². The van der Waals surface area contributed by atoms with Crippen LogP contribution >= 0.6 is 0 Å². The molecule has 6 heteroatoms. The van der Waals surface area contributed by atoms with Gasteiger partial charge >= 0.3 is 6.09 Å². The molecule has 1 saturated heterocycles. The number of anilines is 1. The van der Waals surface area contributed by atoms with Crippen molar-refractivity contribution < 1.29 is 18.7 Å². The summed E-state index contributed by atoms with van der Waals surface area (Å²) in [6, 6.07) is 11.8. The number of morpholine rings is 1. The molecule has 0 saturated carbocycles. The van der Waals surface area contributed by atoms with Gasteiger partial charge in [-0.05, 0) is 42.3 Å². The van der Waals surface area contributed by atoms with Gasteiger partial charge in [-0.1, -0.05) is 18.2 Å². The molecule has 1 aliphatic rings. The van der Waals surface area contributed by atoms with Crippen molar-refractivity contribution in [2.45, 2.75) is 13.5 Å². The van der Waals surface area contributed by atoms with E-state index in [-0.39, 0.29) is 5.82 Å². The average molecular weight is 344 g/mol. The molecule has 3 rings (SSSR count). The second-order valence-electron chi connectivity index (χ2n) is 5.96. The molecule has 1 aliphatic heterocycles. The second-order valence-corrected chi connectivity index (χ2v) is 5.96. The zero-order valence-corrected chi connectivity index (χ0v) is 14.1. The first-order chi connectivity index (χ1) is 12.1. The lowest BCUT2D eigenvalue weighted by molar-refractivity contribution is 0.0341. The average Bonchev–Trinajstić information content (AvgIpc) is 2.61. The molecular weight excluding hydrogens is 323 g/mol. The van der Waals surface area contributed by atoms with Gasteiger partial charge in [-0.3, -0.25) is 10.2 Å². The third-order valence-electron chi connectivity index (χ3n) is 4.15. The number of halogens is 1. The largest absolute Gasteiger partial charge is 0.417 e. The maximum absolute atomic E-state index is 14.2. The summed E-state index contributed by atoms with van der Waals surface area (Å²) < 4.78 is 24.7. The van der Waals surface area contributed by atoms with Gasteiger partial charge in [-0.15, -0.1) is 0 Å². The van der Waals surface area contributed by atoms with E-state index in [1.807, 2.05) is 6.07 Å². The van der Waals surface area contributed by atoms with Crippen LogP contribution < -0.4 is 10.1 Å². The number of carbonyl (C=O) groups excluding carboxylic acids is 1. The number of nitrogens with one attached hydrogen (secondary N) is 1. The Hall–Kier alpha value is -2.44. The number of amides is 1. The highest BCUT2D eigenvalue weighted by molar-refractivity contribution is 5.86. The van der Waals surface area contributed by atoms with Crippen LogP contribution in [0.4, 0.5) is 14.9 Å². The van der Waals surface area contributed by atoms with Crippen molar-refractivity contribution in [1.29, 1.82) is 0 Å². The highest BCUT2D eigenvalue weighted by atomic mass is 19.1. The first kappa shape index (κ1) is 17.4. The van der Waals surface area contributed by atoms with E-state index >= 15 is 0 Å². The van der Waals surface area contributed by atoms with Crippen molar-refractivity contribution in [3.05, 3.63) is 59.4 Å². The minimum absolute atomic E-state index is 0.347. The van der Waals surface area contributed by atoms with Crippen LogP contribution in [0.25, 0.3) is 0 Å². The van der Waals surface area contributed by atoms with Crippen LogP contribution in [0.1, 0.15) is 11.1 Å². The summed E-state index contributed by atoms with van der Waals surface area (Å²) in [6.45, 7) is 5.36. The summed E-state index contributed by atoms with van der Waals surface area (Å²) in [5.41, 5.74) is 1.82. The van der Waals surface area contributed by atoms with E-state index in [4.69, 9.17) is 9.47 Å². The molecule has 2 aromatic carbocycles. The highest BCUT2D eigenvalue weighted by Gasteiger charge is 2.15. The van der Waals surface area contributed by atoms with Crippen LogP contribution in [-0.2, 0) is 11.3 Å². The fourth-order valence-electron chi connectivity index (χ4n) is 2.71. The van der Waals surface area contributed by atoms with Crippen molar-refractivity contribution in [3.63, 3.8) is 0 Å². The third kappa shape index (κ3) is 4.78. The first-order valence-electron chi connectivity index (χ1n) is 8.25. The lowest BCUT2D eigenvalue weighted by Gasteiger charge is -2.27. The Bertz CT molecular complexity index is 731. The molecule has 0 atom stereocenters. The zero-order valence-electron chi connectivity index (χ0n) is 14.1. The molecular formula is C19H21FN2O3. The molecule has 132 valence electrons. The lowest BCUT2D eigenvalue weighted by Crippen LogP contribution is -2.35. The molecule has 0 aliphatic carbocycles. The number of carbonyl (C=O) groups is 1. The minimum Gasteiger partial charge on any atom is -0.410 e. The van der Waals surface area contributed by atoms with E-state index in [9.17, 15) is 9.18 Å². The SMILES string of the molecule is Cc1c(F)cc(NC(=O)Oc2ccccc2)cc1CN1CCOCC1. The monoisotopic (exact) mass is 344 g/mol.